The number of benzene rings is 1. The van der Waals surface area contributed by atoms with Crippen LogP contribution < -0.4 is 5.32 Å². The van der Waals surface area contributed by atoms with Crippen molar-refractivity contribution < 1.29 is 24.2 Å². The molecule has 1 fully saturated rings. The quantitative estimate of drug-likeness (QED) is 0.705. The van der Waals surface area contributed by atoms with Crippen LogP contribution >= 0.6 is 0 Å². The van der Waals surface area contributed by atoms with Gasteiger partial charge in [-0.2, -0.15) is 0 Å². The van der Waals surface area contributed by atoms with Crippen LogP contribution in [-0.4, -0.2) is 42.8 Å². The Kier molecular flexibility index (Phi) is 8.06. The molecule has 6 nitrogen and oxygen atoms in total. The molecule has 1 heterocycles. The summed E-state index contributed by atoms with van der Waals surface area (Å²) in [4.78, 5) is 23.9. The summed E-state index contributed by atoms with van der Waals surface area (Å²) in [6, 6.07) is 7.29. The largest absolute Gasteiger partial charge is 0.481 e. The first-order chi connectivity index (χ1) is 12.5. The van der Waals surface area contributed by atoms with Crippen molar-refractivity contribution in [1.82, 2.24) is 5.32 Å². The van der Waals surface area contributed by atoms with E-state index in [4.69, 9.17) is 9.47 Å². The molecule has 1 saturated heterocycles. The van der Waals surface area contributed by atoms with Gasteiger partial charge in [0.25, 0.3) is 5.91 Å². The second-order valence-corrected chi connectivity index (χ2v) is 7.15. The molecule has 1 amide bonds. The van der Waals surface area contributed by atoms with Crippen LogP contribution in [0.1, 0.15) is 49.0 Å². The molecule has 1 aromatic rings. The molecule has 2 rings (SSSR count). The van der Waals surface area contributed by atoms with Crippen molar-refractivity contribution in [2.75, 3.05) is 19.8 Å². The number of aliphatic carboxylic acids is 1. The smallest absolute Gasteiger partial charge is 0.308 e. The highest BCUT2D eigenvalue weighted by Gasteiger charge is 2.21. The molecule has 0 bridgehead atoms. The molecule has 0 radical (unpaired) electrons. The first-order valence-corrected chi connectivity index (χ1v) is 9.25. The van der Waals surface area contributed by atoms with Crippen molar-refractivity contribution in [3.63, 3.8) is 0 Å². The maximum atomic E-state index is 12.5. The SMILES string of the molecule is CC(C)CC(CNC(=O)c1ccccc1COC1CCOCC1)C(=O)O. The number of nitrogens with one attached hydrogen (secondary N) is 1. The fourth-order valence-electron chi connectivity index (χ4n) is 3.07. The molecule has 1 aliphatic rings. The summed E-state index contributed by atoms with van der Waals surface area (Å²) in [7, 11) is 0. The lowest BCUT2D eigenvalue weighted by Gasteiger charge is -2.23. The minimum atomic E-state index is -0.880. The van der Waals surface area contributed by atoms with Crippen molar-refractivity contribution in [2.45, 2.75) is 45.8 Å². The Labute approximate surface area is 154 Å². The number of carboxylic acids is 1. The van der Waals surface area contributed by atoms with Gasteiger partial charge in [0.15, 0.2) is 0 Å². The standard InChI is InChI=1S/C20H29NO5/c1-14(2)11-16(20(23)24)12-21-19(22)18-6-4-3-5-15(18)13-26-17-7-9-25-10-8-17/h3-6,14,16-17H,7-13H2,1-2H3,(H,21,22)(H,23,24). The van der Waals surface area contributed by atoms with Crippen LogP contribution in [0.2, 0.25) is 0 Å². The van der Waals surface area contributed by atoms with Gasteiger partial charge in [0.05, 0.1) is 18.6 Å². The number of hydrogen-bond donors (Lipinski definition) is 2. The van der Waals surface area contributed by atoms with E-state index in [2.05, 4.69) is 5.32 Å². The Balaban J connectivity index is 1.94. The van der Waals surface area contributed by atoms with E-state index in [9.17, 15) is 14.7 Å². The molecule has 0 saturated carbocycles. The minimum Gasteiger partial charge on any atom is -0.481 e. The summed E-state index contributed by atoms with van der Waals surface area (Å²) < 4.78 is 11.2. The summed E-state index contributed by atoms with van der Waals surface area (Å²) in [6.07, 6.45) is 2.42. The lowest BCUT2D eigenvalue weighted by Crippen LogP contribution is -2.34. The van der Waals surface area contributed by atoms with Gasteiger partial charge in [-0.3, -0.25) is 9.59 Å². The molecule has 0 spiro atoms. The van der Waals surface area contributed by atoms with Crippen molar-refractivity contribution in [3.8, 4) is 0 Å². The topological polar surface area (TPSA) is 84.9 Å². The van der Waals surface area contributed by atoms with Crippen molar-refractivity contribution in [3.05, 3.63) is 35.4 Å². The van der Waals surface area contributed by atoms with E-state index >= 15 is 0 Å². The van der Waals surface area contributed by atoms with Gasteiger partial charge in [-0.25, -0.2) is 0 Å². The van der Waals surface area contributed by atoms with Crippen molar-refractivity contribution in [1.29, 1.82) is 0 Å². The monoisotopic (exact) mass is 363 g/mol. The average molecular weight is 363 g/mol. The highest BCUT2D eigenvalue weighted by Crippen LogP contribution is 2.17. The molecule has 1 unspecified atom stereocenters. The van der Waals surface area contributed by atoms with Crippen LogP contribution in [0.3, 0.4) is 0 Å². The molecule has 1 aromatic carbocycles. The van der Waals surface area contributed by atoms with Gasteiger partial charge in [-0.15, -0.1) is 0 Å². The van der Waals surface area contributed by atoms with Crippen molar-refractivity contribution >= 4 is 11.9 Å². The number of ether oxygens (including phenoxy) is 2. The molecule has 2 N–H and O–H groups in total. The summed E-state index contributed by atoms with van der Waals surface area (Å²) in [5, 5.41) is 12.1. The predicted octanol–water partition coefficient (Wildman–Crippen LogP) is 2.86. The van der Waals surface area contributed by atoms with Crippen molar-refractivity contribution in [2.24, 2.45) is 11.8 Å². The molecule has 0 aromatic heterocycles. The second-order valence-electron chi connectivity index (χ2n) is 7.15. The zero-order chi connectivity index (χ0) is 18.9. The second kappa shape index (κ2) is 10.3. The molecule has 1 atom stereocenters. The van der Waals surface area contributed by atoms with Gasteiger partial charge in [-0.1, -0.05) is 32.0 Å². The Morgan fingerprint density at radius 2 is 1.96 bits per heavy atom. The number of carbonyl (C=O) groups excluding carboxylic acids is 1. The van der Waals surface area contributed by atoms with Crippen LogP contribution in [-0.2, 0) is 20.9 Å². The van der Waals surface area contributed by atoms with Gasteiger partial charge in [-0.05, 0) is 36.8 Å². The molecule has 144 valence electrons. The molecule has 26 heavy (non-hydrogen) atoms. The highest BCUT2D eigenvalue weighted by molar-refractivity contribution is 5.95. The van der Waals surface area contributed by atoms with Crippen LogP contribution in [0.5, 0.6) is 0 Å². The highest BCUT2D eigenvalue weighted by atomic mass is 16.5. The van der Waals surface area contributed by atoms with E-state index in [1.165, 1.54) is 0 Å². The Morgan fingerprint density at radius 3 is 2.62 bits per heavy atom. The third-order valence-corrected chi connectivity index (χ3v) is 4.52. The fraction of sp³-hybridized carbons (Fsp3) is 0.600. The first kappa shape index (κ1) is 20.4. The Hall–Kier alpha value is -1.92. The van der Waals surface area contributed by atoms with E-state index in [0.717, 1.165) is 18.4 Å². The zero-order valence-corrected chi connectivity index (χ0v) is 15.6. The van der Waals surface area contributed by atoms with Gasteiger partial charge >= 0.3 is 5.97 Å². The Bertz CT molecular complexity index is 596. The van der Waals surface area contributed by atoms with Crippen LogP contribution in [0.4, 0.5) is 0 Å². The maximum Gasteiger partial charge on any atom is 0.308 e. The first-order valence-electron chi connectivity index (χ1n) is 9.25. The van der Waals surface area contributed by atoms with Crippen LogP contribution in [0.15, 0.2) is 24.3 Å². The maximum absolute atomic E-state index is 12.5. The normalized spacial score (nSPS) is 16.4. The lowest BCUT2D eigenvalue weighted by molar-refractivity contribution is -0.142. The number of carbonyl (C=O) groups is 2. The molecular formula is C20H29NO5. The molecule has 6 heteroatoms. The lowest BCUT2D eigenvalue weighted by atomic mass is 9.97. The van der Waals surface area contributed by atoms with Gasteiger partial charge in [0.2, 0.25) is 0 Å². The van der Waals surface area contributed by atoms with E-state index in [-0.39, 0.29) is 24.5 Å². The fourth-order valence-corrected chi connectivity index (χ4v) is 3.07. The van der Waals surface area contributed by atoms with E-state index in [1.807, 2.05) is 26.0 Å². The van der Waals surface area contributed by atoms with E-state index < -0.39 is 11.9 Å². The summed E-state index contributed by atoms with van der Waals surface area (Å²) >= 11 is 0. The summed E-state index contributed by atoms with van der Waals surface area (Å²) in [6.45, 7) is 5.85. The third-order valence-electron chi connectivity index (χ3n) is 4.52. The zero-order valence-electron chi connectivity index (χ0n) is 15.6. The minimum absolute atomic E-state index is 0.126. The Morgan fingerprint density at radius 1 is 1.27 bits per heavy atom. The van der Waals surface area contributed by atoms with Crippen LogP contribution in [0.25, 0.3) is 0 Å². The third kappa shape index (κ3) is 6.42. The number of hydrogen-bond acceptors (Lipinski definition) is 4. The average Bonchev–Trinajstić information content (AvgIpc) is 2.63. The molecule has 1 aliphatic heterocycles. The van der Waals surface area contributed by atoms with Crippen LogP contribution in [0, 0.1) is 11.8 Å². The van der Waals surface area contributed by atoms with Gasteiger partial charge in [0.1, 0.15) is 0 Å². The number of amides is 1. The molecule has 0 aliphatic carbocycles. The number of carboxylic acid groups (broad SMARTS) is 1. The van der Waals surface area contributed by atoms with Gasteiger partial charge in [0, 0.05) is 25.3 Å². The summed E-state index contributed by atoms with van der Waals surface area (Å²) in [5.41, 5.74) is 1.35. The summed E-state index contributed by atoms with van der Waals surface area (Å²) in [5.74, 6) is -1.46. The van der Waals surface area contributed by atoms with E-state index in [1.54, 1.807) is 12.1 Å². The predicted molar refractivity (Wildman–Crippen MR) is 98.0 cm³/mol. The van der Waals surface area contributed by atoms with E-state index in [0.29, 0.717) is 31.8 Å². The van der Waals surface area contributed by atoms with Gasteiger partial charge < -0.3 is 19.9 Å². The number of rotatable bonds is 9. The molecular weight excluding hydrogens is 334 g/mol.